The zero-order valence-electron chi connectivity index (χ0n) is 15.5. The first kappa shape index (κ1) is 20.8. The molecule has 0 aliphatic carbocycles. The molecule has 0 amide bonds. The van der Waals surface area contributed by atoms with Crippen molar-refractivity contribution in [3.8, 4) is 0 Å². The lowest BCUT2D eigenvalue weighted by atomic mass is 9.92. The van der Waals surface area contributed by atoms with Crippen LogP contribution in [0.2, 0.25) is 0 Å². The number of hydrogen-bond acceptors (Lipinski definition) is 4. The first-order valence-corrected chi connectivity index (χ1v) is 8.93. The van der Waals surface area contributed by atoms with Crippen molar-refractivity contribution in [2.75, 3.05) is 32.8 Å². The van der Waals surface area contributed by atoms with Crippen LogP contribution in [0.25, 0.3) is 0 Å². The summed E-state index contributed by atoms with van der Waals surface area (Å²) in [5.74, 6) is -1.15. The van der Waals surface area contributed by atoms with Crippen LogP contribution in [0.3, 0.4) is 0 Å². The van der Waals surface area contributed by atoms with Crippen molar-refractivity contribution >= 4 is 5.97 Å². The maximum absolute atomic E-state index is 12.6. The van der Waals surface area contributed by atoms with Gasteiger partial charge in [0.2, 0.25) is 0 Å². The second kappa shape index (κ2) is 8.43. The van der Waals surface area contributed by atoms with Gasteiger partial charge in [-0.15, -0.1) is 0 Å². The van der Waals surface area contributed by atoms with Crippen molar-refractivity contribution in [1.29, 1.82) is 0 Å². The molecule has 26 heavy (non-hydrogen) atoms. The minimum absolute atomic E-state index is 0.0691. The lowest BCUT2D eigenvalue weighted by Gasteiger charge is -2.46. The van der Waals surface area contributed by atoms with E-state index in [4.69, 9.17) is 4.74 Å². The second-order valence-corrected chi connectivity index (χ2v) is 7.04. The summed E-state index contributed by atoms with van der Waals surface area (Å²) in [4.78, 5) is 15.8. The molecule has 2 rings (SSSR count). The van der Waals surface area contributed by atoms with Gasteiger partial charge in [0.05, 0.1) is 18.8 Å². The molecule has 1 N–H and O–H groups in total. The molecule has 0 radical (unpaired) electrons. The predicted octanol–water partition coefficient (Wildman–Crippen LogP) is 3.24. The summed E-state index contributed by atoms with van der Waals surface area (Å²) >= 11 is 0. The van der Waals surface area contributed by atoms with Crippen LogP contribution in [0, 0.1) is 5.92 Å². The third-order valence-corrected chi connectivity index (χ3v) is 4.72. The molecule has 0 saturated carbocycles. The lowest BCUT2D eigenvalue weighted by Crippen LogP contribution is -2.53. The second-order valence-electron chi connectivity index (χ2n) is 7.04. The molecule has 8 heteroatoms. The summed E-state index contributed by atoms with van der Waals surface area (Å²) in [5, 5.41) is 9.66. The van der Waals surface area contributed by atoms with Gasteiger partial charge in [-0.3, -0.25) is 4.90 Å². The number of hydrogen-bond donors (Lipinski definition) is 1. The number of alkyl halides is 3. The highest BCUT2D eigenvalue weighted by atomic mass is 19.4. The van der Waals surface area contributed by atoms with Crippen LogP contribution in [0.15, 0.2) is 22.9 Å². The van der Waals surface area contributed by atoms with Gasteiger partial charge in [-0.2, -0.15) is 13.2 Å². The van der Waals surface area contributed by atoms with E-state index >= 15 is 0 Å². The lowest BCUT2D eigenvalue weighted by molar-refractivity contribution is -0.137. The highest BCUT2D eigenvalue weighted by Crippen LogP contribution is 2.34. The fraction of sp³-hybridized carbons (Fsp3) is 0.722. The SMILES string of the molecule is CC1=CC(N2CCOCC2)N(CCCC(F)(F)F)C(C(C)C)=C1C(=O)O. The Morgan fingerprint density at radius 3 is 2.46 bits per heavy atom. The monoisotopic (exact) mass is 376 g/mol. The summed E-state index contributed by atoms with van der Waals surface area (Å²) < 4.78 is 43.2. The minimum atomic E-state index is -4.21. The number of carbonyl (C=O) groups is 1. The number of carboxylic acid groups (broad SMARTS) is 1. The minimum Gasteiger partial charge on any atom is -0.478 e. The molecule has 0 aromatic heterocycles. The maximum Gasteiger partial charge on any atom is 0.389 e. The average Bonchev–Trinajstić information content (AvgIpc) is 2.54. The van der Waals surface area contributed by atoms with Crippen molar-refractivity contribution in [2.24, 2.45) is 5.92 Å². The van der Waals surface area contributed by atoms with Crippen LogP contribution in [0.1, 0.15) is 33.6 Å². The van der Waals surface area contributed by atoms with Gasteiger partial charge in [0.25, 0.3) is 0 Å². The summed E-state index contributed by atoms with van der Waals surface area (Å²) in [7, 11) is 0. The molecular formula is C18H27F3N2O3. The molecule has 1 saturated heterocycles. The van der Waals surface area contributed by atoms with E-state index in [9.17, 15) is 23.1 Å². The number of rotatable bonds is 6. The molecule has 2 aliphatic heterocycles. The van der Waals surface area contributed by atoms with Crippen molar-refractivity contribution in [1.82, 2.24) is 9.80 Å². The fourth-order valence-electron chi connectivity index (χ4n) is 3.63. The molecule has 0 aromatic carbocycles. The Balaban J connectivity index is 2.35. The Bertz CT molecular complexity index is 579. The fourth-order valence-corrected chi connectivity index (χ4v) is 3.63. The summed E-state index contributed by atoms with van der Waals surface area (Å²) in [6.07, 6.45) is -3.55. The van der Waals surface area contributed by atoms with Crippen molar-refractivity contribution < 1.29 is 27.8 Å². The molecule has 0 bridgehead atoms. The van der Waals surface area contributed by atoms with Crippen LogP contribution < -0.4 is 0 Å². The summed E-state index contributed by atoms with van der Waals surface area (Å²) in [6.45, 7) is 8.13. The molecule has 2 aliphatic rings. The molecule has 0 spiro atoms. The Morgan fingerprint density at radius 2 is 1.96 bits per heavy atom. The molecule has 1 atom stereocenters. The Morgan fingerprint density at radius 1 is 1.35 bits per heavy atom. The van der Waals surface area contributed by atoms with Gasteiger partial charge < -0.3 is 14.7 Å². The summed E-state index contributed by atoms with van der Waals surface area (Å²) in [5.41, 5.74) is 1.47. The first-order chi connectivity index (χ1) is 12.1. The molecule has 148 valence electrons. The Labute approximate surface area is 152 Å². The maximum atomic E-state index is 12.6. The number of morpholine rings is 1. The molecular weight excluding hydrogens is 349 g/mol. The molecule has 1 unspecified atom stereocenters. The van der Waals surface area contributed by atoms with E-state index < -0.39 is 18.6 Å². The standard InChI is InChI=1S/C18H27F3N2O3/c1-12(2)16-15(17(24)25)13(3)11-14(22-7-9-26-10-8-22)23(16)6-4-5-18(19,20)21/h11-12,14H,4-10H2,1-3H3,(H,24,25). The molecule has 2 heterocycles. The van der Waals surface area contributed by atoms with Gasteiger partial charge >= 0.3 is 12.1 Å². The van der Waals surface area contributed by atoms with Crippen molar-refractivity contribution in [3.63, 3.8) is 0 Å². The Kier molecular flexibility index (Phi) is 6.74. The number of carboxylic acids is 1. The van der Waals surface area contributed by atoms with Gasteiger partial charge in [-0.25, -0.2) is 4.79 Å². The van der Waals surface area contributed by atoms with Crippen LogP contribution in [0.4, 0.5) is 13.2 Å². The smallest absolute Gasteiger partial charge is 0.389 e. The Hall–Kier alpha value is -1.54. The third-order valence-electron chi connectivity index (χ3n) is 4.72. The number of allylic oxidation sites excluding steroid dienone is 1. The van der Waals surface area contributed by atoms with Gasteiger partial charge in [-0.1, -0.05) is 13.8 Å². The molecule has 1 fully saturated rings. The zero-order chi connectivity index (χ0) is 19.5. The van der Waals surface area contributed by atoms with E-state index in [-0.39, 0.29) is 30.6 Å². The number of aliphatic carboxylic acids is 1. The van der Waals surface area contributed by atoms with Crippen LogP contribution in [-0.4, -0.2) is 66.1 Å². The number of halogens is 3. The molecule has 5 nitrogen and oxygen atoms in total. The van der Waals surface area contributed by atoms with Crippen molar-refractivity contribution in [3.05, 3.63) is 22.9 Å². The van der Waals surface area contributed by atoms with Crippen molar-refractivity contribution in [2.45, 2.75) is 46.0 Å². The van der Waals surface area contributed by atoms with E-state index in [2.05, 4.69) is 4.90 Å². The first-order valence-electron chi connectivity index (χ1n) is 8.93. The number of ether oxygens (including phenoxy) is 1. The van der Waals surface area contributed by atoms with E-state index in [0.717, 1.165) is 0 Å². The van der Waals surface area contributed by atoms with Gasteiger partial charge in [0.1, 0.15) is 6.17 Å². The quantitative estimate of drug-likeness (QED) is 0.771. The largest absolute Gasteiger partial charge is 0.478 e. The van der Waals surface area contributed by atoms with E-state index in [1.165, 1.54) is 0 Å². The molecule has 0 aromatic rings. The van der Waals surface area contributed by atoms with E-state index in [1.54, 1.807) is 6.92 Å². The third kappa shape index (κ3) is 5.01. The summed E-state index contributed by atoms with van der Waals surface area (Å²) in [6, 6.07) is 0. The highest BCUT2D eigenvalue weighted by Gasteiger charge is 2.36. The van der Waals surface area contributed by atoms with Gasteiger partial charge in [0, 0.05) is 31.8 Å². The van der Waals surface area contributed by atoms with E-state index in [1.807, 2.05) is 24.8 Å². The normalized spacial score (nSPS) is 22.8. The van der Waals surface area contributed by atoms with E-state index in [0.29, 0.717) is 37.6 Å². The topological polar surface area (TPSA) is 53.0 Å². The van der Waals surface area contributed by atoms with Gasteiger partial charge in [0.15, 0.2) is 0 Å². The predicted molar refractivity (Wildman–Crippen MR) is 91.4 cm³/mol. The van der Waals surface area contributed by atoms with Crippen LogP contribution in [0.5, 0.6) is 0 Å². The average molecular weight is 376 g/mol. The highest BCUT2D eigenvalue weighted by molar-refractivity contribution is 5.93. The van der Waals surface area contributed by atoms with Crippen LogP contribution >= 0.6 is 0 Å². The number of nitrogens with zero attached hydrogens (tertiary/aromatic N) is 2. The van der Waals surface area contributed by atoms with Crippen LogP contribution in [-0.2, 0) is 9.53 Å². The van der Waals surface area contributed by atoms with Gasteiger partial charge in [-0.05, 0) is 30.9 Å². The zero-order valence-corrected chi connectivity index (χ0v) is 15.5.